The Kier molecular flexibility index (Phi) is 4.22. The van der Waals surface area contributed by atoms with Gasteiger partial charge in [-0.25, -0.2) is 22.6 Å². The third-order valence-electron chi connectivity index (χ3n) is 4.89. The highest BCUT2D eigenvalue weighted by Gasteiger charge is 2.34. The molecule has 4 nitrogen and oxygen atoms in total. The number of aromatic carboxylic acids is 1. The number of halogens is 3. The quantitative estimate of drug-likeness (QED) is 0.745. The second-order valence-corrected chi connectivity index (χ2v) is 6.59. The molecule has 1 atom stereocenters. The van der Waals surface area contributed by atoms with E-state index in [1.807, 2.05) is 0 Å². The van der Waals surface area contributed by atoms with Gasteiger partial charge in [-0.1, -0.05) is 12.1 Å². The number of benzene rings is 2. The Bertz CT molecular complexity index is 1030. The molecule has 0 saturated heterocycles. The van der Waals surface area contributed by atoms with Crippen LogP contribution in [0, 0.1) is 17.5 Å². The Balaban J connectivity index is 1.80. The maximum Gasteiger partial charge on any atom is 0.356 e. The van der Waals surface area contributed by atoms with Crippen molar-refractivity contribution in [3.8, 4) is 5.69 Å². The van der Waals surface area contributed by atoms with Gasteiger partial charge in [-0.15, -0.1) is 0 Å². The number of carbonyl (C=O) groups is 1. The molecule has 138 valence electrons. The van der Waals surface area contributed by atoms with Crippen molar-refractivity contribution in [1.82, 2.24) is 9.78 Å². The third-order valence-corrected chi connectivity index (χ3v) is 4.89. The van der Waals surface area contributed by atoms with Gasteiger partial charge in [-0.05, 0) is 49.1 Å². The number of rotatable bonds is 4. The van der Waals surface area contributed by atoms with Crippen LogP contribution in [0.5, 0.6) is 0 Å². The van der Waals surface area contributed by atoms with Gasteiger partial charge in [0.05, 0.1) is 5.69 Å². The molecule has 0 bridgehead atoms. The predicted molar refractivity (Wildman–Crippen MR) is 91.6 cm³/mol. The Morgan fingerprint density at radius 3 is 2.48 bits per heavy atom. The monoisotopic (exact) mass is 372 g/mol. The van der Waals surface area contributed by atoms with Crippen LogP contribution in [0.4, 0.5) is 13.2 Å². The summed E-state index contributed by atoms with van der Waals surface area (Å²) in [5, 5.41) is 13.6. The van der Waals surface area contributed by atoms with Crippen molar-refractivity contribution in [2.24, 2.45) is 0 Å². The van der Waals surface area contributed by atoms with E-state index in [0.717, 1.165) is 17.7 Å². The average molecular weight is 372 g/mol. The van der Waals surface area contributed by atoms with Gasteiger partial charge in [0.1, 0.15) is 17.3 Å². The van der Waals surface area contributed by atoms with Gasteiger partial charge in [0, 0.05) is 17.5 Å². The predicted octanol–water partition coefficient (Wildman–Crippen LogP) is 4.26. The molecule has 0 amide bonds. The van der Waals surface area contributed by atoms with E-state index < -0.39 is 17.6 Å². The molecule has 0 fully saturated rings. The summed E-state index contributed by atoms with van der Waals surface area (Å²) in [5.41, 5.74) is 1.96. The molecular weight excluding hydrogens is 357 g/mol. The Morgan fingerprint density at radius 1 is 1.11 bits per heavy atom. The summed E-state index contributed by atoms with van der Waals surface area (Å²) in [6, 6.07) is 9.17. The molecule has 0 aliphatic heterocycles. The molecule has 2 aromatic carbocycles. The zero-order valence-corrected chi connectivity index (χ0v) is 14.1. The number of carboxylic acids is 1. The molecule has 7 heteroatoms. The van der Waals surface area contributed by atoms with Crippen molar-refractivity contribution in [3.05, 3.63) is 82.4 Å². The highest BCUT2D eigenvalue weighted by Crippen LogP contribution is 2.39. The van der Waals surface area contributed by atoms with Gasteiger partial charge in [-0.2, -0.15) is 5.10 Å². The second kappa shape index (κ2) is 6.57. The number of nitrogens with zero attached hydrogens (tertiary/aromatic N) is 2. The number of hydrogen-bond donors (Lipinski definition) is 1. The van der Waals surface area contributed by atoms with Crippen LogP contribution in [-0.2, 0) is 12.8 Å². The van der Waals surface area contributed by atoms with E-state index in [4.69, 9.17) is 0 Å². The van der Waals surface area contributed by atoms with Crippen LogP contribution in [0.2, 0.25) is 0 Å². The Labute approximate surface area is 152 Å². The van der Waals surface area contributed by atoms with Crippen LogP contribution in [0.15, 0.2) is 42.5 Å². The van der Waals surface area contributed by atoms with Crippen molar-refractivity contribution in [3.63, 3.8) is 0 Å². The topological polar surface area (TPSA) is 55.1 Å². The minimum Gasteiger partial charge on any atom is -0.476 e. The van der Waals surface area contributed by atoms with Gasteiger partial charge in [0.2, 0.25) is 0 Å². The zero-order valence-electron chi connectivity index (χ0n) is 14.1. The maximum absolute atomic E-state index is 14.3. The molecule has 1 N–H and O–H groups in total. The molecule has 3 aromatic rings. The normalized spacial score (nSPS) is 15.7. The largest absolute Gasteiger partial charge is 0.476 e. The molecule has 27 heavy (non-hydrogen) atoms. The SMILES string of the molecule is O=C(O)c1nn(-c2ccc(F)cc2F)c2c1CCC2Cc1ccc(F)cc1. The highest BCUT2D eigenvalue weighted by atomic mass is 19.1. The standard InChI is InChI=1S/C20H15F3N2O2/c21-13-4-1-11(2-5-13)9-12-3-7-15-18(20(26)27)24-25(19(12)15)17-8-6-14(22)10-16(17)23/h1-2,4-6,8,10,12H,3,7,9H2,(H,26,27). The lowest BCUT2D eigenvalue weighted by Gasteiger charge is -2.15. The highest BCUT2D eigenvalue weighted by molar-refractivity contribution is 5.88. The molecule has 1 aromatic heterocycles. The third kappa shape index (κ3) is 3.09. The average Bonchev–Trinajstić information content (AvgIpc) is 3.18. The number of carboxylic acid groups (broad SMARTS) is 1. The van der Waals surface area contributed by atoms with Crippen LogP contribution in [0.25, 0.3) is 5.69 Å². The summed E-state index contributed by atoms with van der Waals surface area (Å²) in [5.74, 6) is -3.16. The molecular formula is C20H15F3N2O2. The fraction of sp³-hybridized carbons (Fsp3) is 0.200. The molecule has 4 rings (SSSR count). The minimum absolute atomic E-state index is 0.00570. The molecule has 0 radical (unpaired) electrons. The lowest BCUT2D eigenvalue weighted by atomic mass is 9.97. The fourth-order valence-electron chi connectivity index (χ4n) is 3.70. The first-order valence-electron chi connectivity index (χ1n) is 8.49. The summed E-state index contributed by atoms with van der Waals surface area (Å²) in [6.45, 7) is 0. The summed E-state index contributed by atoms with van der Waals surface area (Å²) in [6.07, 6.45) is 1.72. The van der Waals surface area contributed by atoms with Gasteiger partial charge in [0.25, 0.3) is 0 Å². The lowest BCUT2D eigenvalue weighted by Crippen LogP contribution is -2.10. The van der Waals surface area contributed by atoms with Crippen molar-refractivity contribution < 1.29 is 23.1 Å². The molecule has 0 spiro atoms. The first-order chi connectivity index (χ1) is 12.9. The van der Waals surface area contributed by atoms with Crippen molar-refractivity contribution in [2.45, 2.75) is 25.2 Å². The Morgan fingerprint density at radius 2 is 1.81 bits per heavy atom. The first kappa shape index (κ1) is 17.3. The van der Waals surface area contributed by atoms with Crippen molar-refractivity contribution >= 4 is 5.97 Å². The summed E-state index contributed by atoms with van der Waals surface area (Å²) < 4.78 is 42.0. The second-order valence-electron chi connectivity index (χ2n) is 6.59. The van der Waals surface area contributed by atoms with Crippen LogP contribution in [0.3, 0.4) is 0 Å². The van der Waals surface area contributed by atoms with Crippen molar-refractivity contribution in [2.75, 3.05) is 0 Å². The van der Waals surface area contributed by atoms with Crippen LogP contribution in [-0.4, -0.2) is 20.9 Å². The molecule has 1 heterocycles. The fourth-order valence-corrected chi connectivity index (χ4v) is 3.70. The van der Waals surface area contributed by atoms with Gasteiger partial charge < -0.3 is 5.11 Å². The zero-order chi connectivity index (χ0) is 19.1. The maximum atomic E-state index is 14.3. The smallest absolute Gasteiger partial charge is 0.356 e. The van der Waals surface area contributed by atoms with Gasteiger partial charge in [0.15, 0.2) is 11.5 Å². The van der Waals surface area contributed by atoms with E-state index in [1.165, 1.54) is 22.9 Å². The van der Waals surface area contributed by atoms with E-state index >= 15 is 0 Å². The Hall–Kier alpha value is -3.09. The van der Waals surface area contributed by atoms with Crippen LogP contribution in [0.1, 0.15) is 39.6 Å². The van der Waals surface area contributed by atoms with Crippen LogP contribution >= 0.6 is 0 Å². The van der Waals surface area contributed by atoms with E-state index in [0.29, 0.717) is 30.5 Å². The van der Waals surface area contributed by atoms with E-state index in [9.17, 15) is 23.1 Å². The minimum atomic E-state index is -1.19. The van der Waals surface area contributed by atoms with Crippen molar-refractivity contribution in [1.29, 1.82) is 0 Å². The van der Waals surface area contributed by atoms with Gasteiger partial charge >= 0.3 is 5.97 Å². The summed E-state index contributed by atoms with van der Waals surface area (Å²) in [7, 11) is 0. The summed E-state index contributed by atoms with van der Waals surface area (Å²) >= 11 is 0. The van der Waals surface area contributed by atoms with E-state index in [1.54, 1.807) is 12.1 Å². The molecule has 1 unspecified atom stereocenters. The van der Waals surface area contributed by atoms with Crippen LogP contribution < -0.4 is 0 Å². The molecule has 1 aliphatic carbocycles. The number of fused-ring (bicyclic) bond motifs is 1. The molecule has 1 aliphatic rings. The number of hydrogen-bond acceptors (Lipinski definition) is 2. The molecule has 0 saturated carbocycles. The van der Waals surface area contributed by atoms with E-state index in [-0.39, 0.29) is 23.1 Å². The number of aromatic nitrogens is 2. The lowest BCUT2D eigenvalue weighted by molar-refractivity contribution is 0.0688. The first-order valence-corrected chi connectivity index (χ1v) is 8.49. The van der Waals surface area contributed by atoms with E-state index in [2.05, 4.69) is 5.10 Å². The van der Waals surface area contributed by atoms with Gasteiger partial charge in [-0.3, -0.25) is 0 Å². The summed E-state index contributed by atoms with van der Waals surface area (Å²) in [4.78, 5) is 11.6.